The molecule has 1 N–H and O–H groups in total. The van der Waals surface area contributed by atoms with Gasteiger partial charge in [-0.05, 0) is 56.7 Å². The van der Waals surface area contributed by atoms with Crippen LogP contribution in [0.4, 0.5) is 0 Å². The van der Waals surface area contributed by atoms with Crippen LogP contribution >= 0.6 is 0 Å². The first-order valence-electron chi connectivity index (χ1n) is 8.47. The van der Waals surface area contributed by atoms with Gasteiger partial charge in [-0.2, -0.15) is 0 Å². The molecule has 0 aromatic carbocycles. The van der Waals surface area contributed by atoms with Crippen molar-refractivity contribution in [2.45, 2.75) is 51.6 Å². The van der Waals surface area contributed by atoms with E-state index >= 15 is 0 Å². The van der Waals surface area contributed by atoms with Gasteiger partial charge in [0.05, 0.1) is 0 Å². The van der Waals surface area contributed by atoms with Crippen molar-refractivity contribution >= 4 is 5.91 Å². The third-order valence-electron chi connectivity index (χ3n) is 4.93. The van der Waals surface area contributed by atoms with Gasteiger partial charge in [0, 0.05) is 31.9 Å². The van der Waals surface area contributed by atoms with Crippen LogP contribution in [0.5, 0.6) is 0 Å². The molecule has 4 nitrogen and oxygen atoms in total. The number of likely N-dealkylation sites (tertiary alicyclic amines) is 1. The number of nitrogens with one attached hydrogen (secondary N) is 1. The molecule has 1 amide bonds. The van der Waals surface area contributed by atoms with E-state index in [1.165, 1.54) is 19.3 Å². The Morgan fingerprint density at radius 3 is 3.05 bits per heavy atom. The van der Waals surface area contributed by atoms with Gasteiger partial charge in [0.25, 0.3) is 5.91 Å². The first-order valence-corrected chi connectivity index (χ1v) is 8.47. The standard InChI is InChI=1S/C17H27N3O/c1-2-10-19-11-5-8-16(19)17(21)20-12-4-6-14(13-20)15-7-3-9-18-15/h5,8,11,14-15,18H,2-4,6-7,9-10,12-13H2,1H3. The fraction of sp³-hybridized carbons (Fsp3) is 0.706. The predicted molar refractivity (Wildman–Crippen MR) is 84.4 cm³/mol. The molecule has 3 heterocycles. The minimum atomic E-state index is 0.219. The molecule has 0 aliphatic carbocycles. The third-order valence-corrected chi connectivity index (χ3v) is 4.93. The third kappa shape index (κ3) is 3.15. The molecule has 2 aliphatic heterocycles. The fourth-order valence-corrected chi connectivity index (χ4v) is 3.84. The molecule has 2 fully saturated rings. The summed E-state index contributed by atoms with van der Waals surface area (Å²) in [6, 6.07) is 4.58. The lowest BCUT2D eigenvalue weighted by atomic mass is 9.89. The van der Waals surface area contributed by atoms with Gasteiger partial charge in [-0.25, -0.2) is 0 Å². The molecular weight excluding hydrogens is 262 g/mol. The Morgan fingerprint density at radius 2 is 2.29 bits per heavy atom. The molecule has 2 saturated heterocycles. The summed E-state index contributed by atoms with van der Waals surface area (Å²) in [5.74, 6) is 0.857. The Morgan fingerprint density at radius 1 is 1.38 bits per heavy atom. The minimum absolute atomic E-state index is 0.219. The van der Waals surface area contributed by atoms with E-state index in [1.54, 1.807) is 0 Å². The predicted octanol–water partition coefficient (Wildman–Crippen LogP) is 2.50. The summed E-state index contributed by atoms with van der Waals surface area (Å²) < 4.78 is 2.10. The number of aromatic nitrogens is 1. The van der Waals surface area contributed by atoms with E-state index in [4.69, 9.17) is 0 Å². The van der Waals surface area contributed by atoms with Crippen LogP contribution in [0.15, 0.2) is 18.3 Å². The molecular formula is C17H27N3O. The molecule has 21 heavy (non-hydrogen) atoms. The van der Waals surface area contributed by atoms with Crippen LogP contribution in [0.25, 0.3) is 0 Å². The Hall–Kier alpha value is -1.29. The quantitative estimate of drug-likeness (QED) is 0.924. The Kier molecular flexibility index (Phi) is 4.63. The van der Waals surface area contributed by atoms with Gasteiger partial charge in [0.1, 0.15) is 5.69 Å². The maximum Gasteiger partial charge on any atom is 0.270 e. The Labute approximate surface area is 127 Å². The zero-order valence-electron chi connectivity index (χ0n) is 13.1. The van der Waals surface area contributed by atoms with Gasteiger partial charge in [-0.15, -0.1) is 0 Å². The second-order valence-electron chi connectivity index (χ2n) is 6.44. The van der Waals surface area contributed by atoms with Crippen LogP contribution in [0.3, 0.4) is 0 Å². The highest BCUT2D eigenvalue weighted by atomic mass is 16.2. The average Bonchev–Trinajstić information content (AvgIpc) is 3.18. The van der Waals surface area contributed by atoms with E-state index < -0.39 is 0 Å². The minimum Gasteiger partial charge on any atom is -0.344 e. The molecule has 0 saturated carbocycles. The highest BCUT2D eigenvalue weighted by molar-refractivity contribution is 5.92. The zero-order chi connectivity index (χ0) is 14.7. The molecule has 1 aromatic rings. The smallest absolute Gasteiger partial charge is 0.270 e. The number of hydrogen-bond acceptors (Lipinski definition) is 2. The maximum absolute atomic E-state index is 12.8. The molecule has 1 aromatic heterocycles. The normalized spacial score (nSPS) is 26.2. The van der Waals surface area contributed by atoms with Crippen LogP contribution in [0.2, 0.25) is 0 Å². The Balaban J connectivity index is 1.67. The lowest BCUT2D eigenvalue weighted by Crippen LogP contribution is -2.46. The number of hydrogen-bond donors (Lipinski definition) is 1. The number of aryl methyl sites for hydroxylation is 1. The summed E-state index contributed by atoms with van der Waals surface area (Å²) in [5.41, 5.74) is 0.858. The summed E-state index contributed by atoms with van der Waals surface area (Å²) >= 11 is 0. The number of rotatable bonds is 4. The van der Waals surface area contributed by atoms with E-state index in [0.29, 0.717) is 12.0 Å². The van der Waals surface area contributed by atoms with Gasteiger partial charge >= 0.3 is 0 Å². The van der Waals surface area contributed by atoms with Crippen LogP contribution in [0.1, 0.15) is 49.5 Å². The highest BCUT2D eigenvalue weighted by Gasteiger charge is 2.31. The molecule has 2 unspecified atom stereocenters. The van der Waals surface area contributed by atoms with Crippen LogP contribution in [0, 0.1) is 5.92 Å². The van der Waals surface area contributed by atoms with Crippen molar-refractivity contribution in [3.8, 4) is 0 Å². The van der Waals surface area contributed by atoms with Crippen molar-refractivity contribution < 1.29 is 4.79 Å². The van der Waals surface area contributed by atoms with Gasteiger partial charge in [-0.3, -0.25) is 4.79 Å². The summed E-state index contributed by atoms with van der Waals surface area (Å²) in [6.07, 6.45) is 8.05. The first kappa shape index (κ1) is 14.6. The van der Waals surface area contributed by atoms with E-state index in [9.17, 15) is 4.79 Å². The molecule has 4 heteroatoms. The molecule has 0 spiro atoms. The largest absolute Gasteiger partial charge is 0.344 e. The Bertz CT molecular complexity index is 476. The van der Waals surface area contributed by atoms with Crippen molar-refractivity contribution in [1.29, 1.82) is 0 Å². The molecule has 0 bridgehead atoms. The van der Waals surface area contributed by atoms with Crippen molar-refractivity contribution in [2.75, 3.05) is 19.6 Å². The van der Waals surface area contributed by atoms with Crippen molar-refractivity contribution in [2.24, 2.45) is 5.92 Å². The van der Waals surface area contributed by atoms with Crippen LogP contribution < -0.4 is 5.32 Å². The number of carbonyl (C=O) groups excluding carboxylic acids is 1. The summed E-state index contributed by atoms with van der Waals surface area (Å²) in [7, 11) is 0. The molecule has 116 valence electrons. The average molecular weight is 289 g/mol. The van der Waals surface area contributed by atoms with Gasteiger partial charge in [0.2, 0.25) is 0 Å². The molecule has 2 aliphatic rings. The van der Waals surface area contributed by atoms with Gasteiger partial charge in [0.15, 0.2) is 0 Å². The summed E-state index contributed by atoms with van der Waals surface area (Å²) in [6.45, 7) is 6.06. The van der Waals surface area contributed by atoms with Crippen LogP contribution in [-0.2, 0) is 6.54 Å². The van der Waals surface area contributed by atoms with Crippen molar-refractivity contribution in [3.63, 3.8) is 0 Å². The number of amides is 1. The number of piperidine rings is 1. The van der Waals surface area contributed by atoms with E-state index in [-0.39, 0.29) is 5.91 Å². The summed E-state index contributed by atoms with van der Waals surface area (Å²) in [4.78, 5) is 14.9. The van der Waals surface area contributed by atoms with Gasteiger partial charge in [-0.1, -0.05) is 6.92 Å². The SMILES string of the molecule is CCCn1cccc1C(=O)N1CCCC(C2CCCN2)C1. The van der Waals surface area contributed by atoms with Crippen molar-refractivity contribution in [3.05, 3.63) is 24.0 Å². The summed E-state index contributed by atoms with van der Waals surface area (Å²) in [5, 5.41) is 3.61. The molecule has 2 atom stereocenters. The van der Waals surface area contributed by atoms with E-state index in [0.717, 1.165) is 44.7 Å². The fourth-order valence-electron chi connectivity index (χ4n) is 3.84. The van der Waals surface area contributed by atoms with Gasteiger partial charge < -0.3 is 14.8 Å². The maximum atomic E-state index is 12.8. The second kappa shape index (κ2) is 6.65. The van der Waals surface area contributed by atoms with E-state index in [1.807, 2.05) is 18.3 Å². The lowest BCUT2D eigenvalue weighted by Gasteiger charge is -2.36. The first-order chi connectivity index (χ1) is 10.3. The van der Waals surface area contributed by atoms with Crippen molar-refractivity contribution in [1.82, 2.24) is 14.8 Å². The molecule has 0 radical (unpaired) electrons. The number of nitrogens with zero attached hydrogens (tertiary/aromatic N) is 2. The second-order valence-corrected chi connectivity index (χ2v) is 6.44. The highest BCUT2D eigenvalue weighted by Crippen LogP contribution is 2.25. The van der Waals surface area contributed by atoms with Crippen LogP contribution in [-0.4, -0.2) is 41.1 Å². The molecule has 3 rings (SSSR count). The number of carbonyl (C=O) groups is 1. The van der Waals surface area contributed by atoms with E-state index in [2.05, 4.69) is 21.7 Å². The monoisotopic (exact) mass is 289 g/mol. The zero-order valence-corrected chi connectivity index (χ0v) is 13.1. The topological polar surface area (TPSA) is 37.3 Å². The lowest BCUT2D eigenvalue weighted by molar-refractivity contribution is 0.0640.